The van der Waals surface area contributed by atoms with E-state index in [0.29, 0.717) is 16.7 Å². The molecular weight excluding hydrogens is 1290 g/mol. The van der Waals surface area contributed by atoms with Gasteiger partial charge in [-0.05, 0) is 193 Å². The van der Waals surface area contributed by atoms with Gasteiger partial charge in [0.25, 0.3) is 6.71 Å². The first-order valence-electron chi connectivity index (χ1n) is 41.6. The second-order valence-electron chi connectivity index (χ2n) is 32.8. The first-order chi connectivity index (χ1) is 54.8. The maximum Gasteiger partial charge on any atom is 0.264 e. The Bertz CT molecular complexity index is 6870. The molecule has 0 spiro atoms. The Morgan fingerprint density at radius 3 is 1.36 bits per heavy atom. The normalized spacial score (nSPS) is 14.6. The monoisotopic (exact) mass is 1380 g/mol. The topological polar surface area (TPSA) is 11.4 Å². The molecule has 0 atom stereocenters. The van der Waals surface area contributed by atoms with Crippen molar-refractivity contribution < 1.29 is 13.7 Å². The van der Waals surface area contributed by atoms with E-state index in [2.05, 4.69) is 257 Å². The molecule has 0 fully saturated rings. The SMILES string of the molecule is [2H]c1c([2H])c(-n2c3c([2H])c([2H])c([2H])c([2H])c3c3c([2H])c(-c4ccc5ccc6cccc7ccc4c5c67)c([2H])c([2H])c32)c([2H])c2c1B1c3sc4cc(C(C)(C)C)ccc4c3N(c3c(-c4ccccc4)cc(C(C)(C)C)cc3-c3ccccc3)c3cc(C(C)(C)C)cc(c31)N2c1c(-c2ccccc2)cc(C(C)(C)C)cc1-c1ccccc1. The van der Waals surface area contributed by atoms with Gasteiger partial charge in [-0.25, -0.2) is 0 Å². The Hall–Kier alpha value is -11.2. The molecule has 0 radical (unpaired) electrons. The summed E-state index contributed by atoms with van der Waals surface area (Å²) in [5, 5.41) is 6.52. The number of hydrogen-bond acceptors (Lipinski definition) is 3. The van der Waals surface area contributed by atoms with E-state index in [-0.39, 0.29) is 73.7 Å². The van der Waals surface area contributed by atoms with Crippen molar-refractivity contribution in [3.63, 3.8) is 0 Å². The van der Waals surface area contributed by atoms with Crippen molar-refractivity contribution in [2.45, 2.75) is 105 Å². The van der Waals surface area contributed by atoms with Gasteiger partial charge in [-0.3, -0.25) is 0 Å². The quantitative estimate of drug-likeness (QED) is 0.111. The molecule has 2 aromatic heterocycles. The number of hydrogen-bond donors (Lipinski definition) is 0. The standard InChI is InChI=1S/C100H84BN3S/c1-97(2,3)69-45-49-77-89(59-69)105-96-95(77)104(94-80(63-32-21-15-22-33-63)55-71(99(7,8)9)56-81(94)64-34-23-16-24-35-64)88-58-72(100(10,11)12)57-87-92(88)101(96)83-50-46-73(60-86(83)103(87)93-78(61-28-17-13-18-29-61)53-70(98(4,5)6)54-79(93)62-30-19-14-20-31-62)102-84-39-26-25-38-75(84)82-52-68(44-51-85(82)102)74-47-42-67-41-40-65-36-27-37-66-43-48-76(74)91(67)90(65)66/h13-60H,1-12H3/i25D,26D,38D,39D,44D,46D,50D,51D,52D,60D. The highest BCUT2D eigenvalue weighted by Gasteiger charge is 2.48. The maximum absolute atomic E-state index is 11.9. The van der Waals surface area contributed by atoms with Gasteiger partial charge < -0.3 is 14.4 Å². The zero-order valence-corrected chi connectivity index (χ0v) is 62.1. The highest BCUT2D eigenvalue weighted by molar-refractivity contribution is 7.33. The van der Waals surface area contributed by atoms with Crippen LogP contribution in [-0.4, -0.2) is 11.3 Å². The minimum absolute atomic E-state index is 0.0407. The molecule has 105 heavy (non-hydrogen) atoms. The van der Waals surface area contributed by atoms with Gasteiger partial charge in [0.1, 0.15) is 0 Å². The van der Waals surface area contributed by atoms with Crippen molar-refractivity contribution in [2.24, 2.45) is 0 Å². The van der Waals surface area contributed by atoms with E-state index in [1.165, 1.54) is 4.57 Å². The lowest BCUT2D eigenvalue weighted by Gasteiger charge is -2.46. The molecule has 0 saturated carbocycles. The van der Waals surface area contributed by atoms with E-state index in [9.17, 15) is 13.7 Å². The van der Waals surface area contributed by atoms with Crippen LogP contribution in [0.15, 0.2) is 291 Å². The molecule has 0 saturated heterocycles. The second kappa shape index (κ2) is 23.6. The zero-order valence-electron chi connectivity index (χ0n) is 71.3. The number of anilines is 6. The molecule has 2 aliphatic rings. The van der Waals surface area contributed by atoms with Crippen LogP contribution in [0.4, 0.5) is 34.1 Å². The van der Waals surface area contributed by atoms with Crippen molar-refractivity contribution in [3.8, 4) is 61.3 Å². The third-order valence-electron chi connectivity index (χ3n) is 22.1. The first-order valence-corrected chi connectivity index (χ1v) is 37.4. The number of thiophene rings is 1. The van der Waals surface area contributed by atoms with Crippen LogP contribution in [0.2, 0.25) is 0 Å². The minimum atomic E-state index is -0.861. The lowest BCUT2D eigenvalue weighted by molar-refractivity contribution is 0.590. The Balaban J connectivity index is 1.02. The fourth-order valence-electron chi connectivity index (χ4n) is 16.5. The number of fused-ring (bicyclic) bond motifs is 9. The van der Waals surface area contributed by atoms with Gasteiger partial charge in [-0.2, -0.15) is 0 Å². The summed E-state index contributed by atoms with van der Waals surface area (Å²) in [5.74, 6) is 0. The summed E-state index contributed by atoms with van der Waals surface area (Å²) in [7, 11) is 0. The van der Waals surface area contributed by atoms with Gasteiger partial charge in [0.15, 0.2) is 0 Å². The van der Waals surface area contributed by atoms with Crippen LogP contribution in [0.5, 0.6) is 0 Å². The first kappa shape index (κ1) is 54.4. The highest BCUT2D eigenvalue weighted by Crippen LogP contribution is 2.57. The maximum atomic E-state index is 11.9. The number of rotatable bonds is 8. The van der Waals surface area contributed by atoms with Crippen LogP contribution in [0, 0.1) is 0 Å². The van der Waals surface area contributed by atoms with Crippen LogP contribution in [0.3, 0.4) is 0 Å². The number of aromatic nitrogens is 1. The predicted molar refractivity (Wildman–Crippen MR) is 456 cm³/mol. The molecule has 4 heterocycles. The summed E-state index contributed by atoms with van der Waals surface area (Å²) in [6.07, 6.45) is 0. The minimum Gasteiger partial charge on any atom is -0.310 e. The van der Waals surface area contributed by atoms with Crippen molar-refractivity contribution in [3.05, 3.63) is 313 Å². The fraction of sp³-hybridized carbons (Fsp3) is 0.160. The summed E-state index contributed by atoms with van der Waals surface area (Å²) < 4.78 is 109. The smallest absolute Gasteiger partial charge is 0.264 e. The molecule has 19 rings (SSSR count). The number of benzene rings is 15. The Labute approximate surface area is 635 Å². The van der Waals surface area contributed by atoms with Crippen LogP contribution < -0.4 is 25.5 Å². The molecule has 0 unspecified atom stereocenters. The van der Waals surface area contributed by atoms with Gasteiger partial charge in [0.2, 0.25) is 0 Å². The average molecular weight is 1380 g/mol. The zero-order chi connectivity index (χ0) is 80.4. The Morgan fingerprint density at radius 2 is 0.810 bits per heavy atom. The van der Waals surface area contributed by atoms with Crippen LogP contribution in [-0.2, 0) is 21.7 Å². The number of para-hydroxylation sites is 1. The van der Waals surface area contributed by atoms with Crippen molar-refractivity contribution in [1.82, 2.24) is 4.57 Å². The van der Waals surface area contributed by atoms with Crippen LogP contribution in [0.1, 0.15) is 119 Å². The second-order valence-corrected chi connectivity index (χ2v) is 33.9. The molecule has 17 aromatic rings. The van der Waals surface area contributed by atoms with Crippen molar-refractivity contribution >= 4 is 132 Å². The highest BCUT2D eigenvalue weighted by atomic mass is 32.1. The third-order valence-corrected chi connectivity index (χ3v) is 23.3. The molecule has 0 bridgehead atoms. The molecule has 2 aliphatic heterocycles. The number of nitrogens with zero attached hydrogens (tertiary/aromatic N) is 3. The van der Waals surface area contributed by atoms with E-state index in [0.717, 1.165) is 142 Å². The predicted octanol–water partition coefficient (Wildman–Crippen LogP) is 26.5. The average Bonchev–Trinajstić information content (AvgIpc) is 1.55. The van der Waals surface area contributed by atoms with E-state index in [1.54, 1.807) is 11.3 Å². The Kier molecular flexibility index (Phi) is 12.3. The van der Waals surface area contributed by atoms with Crippen LogP contribution in [0.25, 0.3) is 126 Å². The third kappa shape index (κ3) is 10.3. The molecule has 3 nitrogen and oxygen atoms in total. The molecule has 508 valence electrons. The summed E-state index contributed by atoms with van der Waals surface area (Å²) in [4.78, 5) is 4.74. The molecule has 15 aromatic carbocycles. The largest absolute Gasteiger partial charge is 0.310 e. The van der Waals surface area contributed by atoms with Crippen molar-refractivity contribution in [1.29, 1.82) is 0 Å². The van der Waals surface area contributed by atoms with E-state index >= 15 is 0 Å². The molecule has 0 amide bonds. The summed E-state index contributed by atoms with van der Waals surface area (Å²) >= 11 is 1.67. The molecular formula is C100H84BN3S. The fourth-order valence-corrected chi connectivity index (χ4v) is 17.9. The molecule has 0 N–H and O–H groups in total. The molecule has 5 heteroatoms. The van der Waals surface area contributed by atoms with Gasteiger partial charge in [-0.1, -0.05) is 301 Å². The van der Waals surface area contributed by atoms with Gasteiger partial charge >= 0.3 is 0 Å². The van der Waals surface area contributed by atoms with Crippen molar-refractivity contribution in [2.75, 3.05) is 9.80 Å². The summed E-state index contributed by atoms with van der Waals surface area (Å²) in [5.41, 5.74) is 15.8. The lowest BCUT2D eigenvalue weighted by Crippen LogP contribution is -2.60. The van der Waals surface area contributed by atoms with Gasteiger partial charge in [0.05, 0.1) is 41.8 Å². The van der Waals surface area contributed by atoms with Gasteiger partial charge in [0, 0.05) is 70.6 Å². The van der Waals surface area contributed by atoms with E-state index in [1.807, 2.05) is 66.7 Å². The molecule has 0 aliphatic carbocycles. The van der Waals surface area contributed by atoms with E-state index < -0.39 is 53.8 Å². The van der Waals surface area contributed by atoms with Gasteiger partial charge in [-0.15, -0.1) is 11.3 Å². The Morgan fingerprint density at radius 1 is 0.333 bits per heavy atom. The lowest BCUT2D eigenvalue weighted by atomic mass is 9.36. The summed E-state index contributed by atoms with van der Waals surface area (Å²) in [6, 6.07) is 76.9. The van der Waals surface area contributed by atoms with Crippen LogP contribution >= 0.6 is 11.3 Å². The van der Waals surface area contributed by atoms with E-state index in [4.69, 9.17) is 0 Å². The summed E-state index contributed by atoms with van der Waals surface area (Å²) in [6.45, 7) is 26.0.